The molecule has 0 amide bonds. The summed E-state index contributed by atoms with van der Waals surface area (Å²) in [6.07, 6.45) is 1.76. The third-order valence-corrected chi connectivity index (χ3v) is 6.73. The van der Waals surface area contributed by atoms with Gasteiger partial charge in [0.15, 0.2) is 0 Å². The normalized spacial score (nSPS) is 28.4. The van der Waals surface area contributed by atoms with Gasteiger partial charge >= 0.3 is 5.97 Å². The lowest BCUT2D eigenvalue weighted by molar-refractivity contribution is -0.141. The standard InChI is InChI=1S/C15H20N2O2S2/c18-15(19)13-8-17(11-9-20-5-6-21-10-11)7-12(13)14-3-1-2-4-16-14/h1-4,11-13H,5-10H2,(H,18,19)/t12-,13-/m1/s1. The van der Waals surface area contributed by atoms with E-state index in [0.717, 1.165) is 23.7 Å². The van der Waals surface area contributed by atoms with Gasteiger partial charge in [-0.25, -0.2) is 0 Å². The summed E-state index contributed by atoms with van der Waals surface area (Å²) in [5.41, 5.74) is 0.918. The Kier molecular flexibility index (Phi) is 5.08. The SMILES string of the molecule is O=C(O)[C@@H]1CN(C2CSCCSC2)C[C@H]1c1ccccn1. The summed E-state index contributed by atoms with van der Waals surface area (Å²) >= 11 is 3.98. The van der Waals surface area contributed by atoms with Gasteiger partial charge in [0, 0.05) is 60.0 Å². The molecule has 2 atom stereocenters. The molecule has 4 nitrogen and oxygen atoms in total. The van der Waals surface area contributed by atoms with Crippen molar-refractivity contribution in [3.63, 3.8) is 0 Å². The van der Waals surface area contributed by atoms with E-state index in [1.54, 1.807) is 6.20 Å². The maximum absolute atomic E-state index is 11.6. The fourth-order valence-electron chi connectivity index (χ4n) is 3.09. The highest BCUT2D eigenvalue weighted by molar-refractivity contribution is 8.03. The van der Waals surface area contributed by atoms with E-state index in [4.69, 9.17) is 0 Å². The van der Waals surface area contributed by atoms with Gasteiger partial charge in [-0.3, -0.25) is 14.7 Å². The first-order valence-electron chi connectivity index (χ1n) is 7.29. The van der Waals surface area contributed by atoms with Crippen LogP contribution in [0, 0.1) is 5.92 Å². The molecule has 114 valence electrons. The van der Waals surface area contributed by atoms with E-state index in [2.05, 4.69) is 9.88 Å². The van der Waals surface area contributed by atoms with Gasteiger partial charge in [-0.05, 0) is 12.1 Å². The number of aliphatic carboxylic acids is 1. The van der Waals surface area contributed by atoms with E-state index in [1.807, 2.05) is 41.7 Å². The zero-order valence-electron chi connectivity index (χ0n) is 11.9. The Bertz CT molecular complexity index is 478. The average Bonchev–Trinajstić information content (AvgIpc) is 2.77. The Morgan fingerprint density at radius 1 is 1.24 bits per heavy atom. The van der Waals surface area contributed by atoms with Crippen molar-refractivity contribution in [1.82, 2.24) is 9.88 Å². The van der Waals surface area contributed by atoms with Crippen LogP contribution in [0.4, 0.5) is 0 Å². The van der Waals surface area contributed by atoms with Crippen molar-refractivity contribution in [2.45, 2.75) is 12.0 Å². The fourth-order valence-corrected chi connectivity index (χ4v) is 5.72. The Hall–Kier alpha value is -0.720. The van der Waals surface area contributed by atoms with Gasteiger partial charge in [-0.15, -0.1) is 0 Å². The zero-order valence-corrected chi connectivity index (χ0v) is 13.5. The van der Waals surface area contributed by atoms with Crippen molar-refractivity contribution in [2.24, 2.45) is 5.92 Å². The van der Waals surface area contributed by atoms with Crippen molar-refractivity contribution < 1.29 is 9.90 Å². The number of nitrogens with zero attached hydrogens (tertiary/aromatic N) is 2. The van der Waals surface area contributed by atoms with E-state index in [9.17, 15) is 9.90 Å². The van der Waals surface area contributed by atoms with Crippen LogP contribution in [0.5, 0.6) is 0 Å². The molecule has 2 saturated heterocycles. The lowest BCUT2D eigenvalue weighted by Gasteiger charge is -2.25. The van der Waals surface area contributed by atoms with Crippen LogP contribution in [0.2, 0.25) is 0 Å². The maximum Gasteiger partial charge on any atom is 0.308 e. The molecule has 3 heterocycles. The molecule has 2 fully saturated rings. The van der Waals surface area contributed by atoms with Crippen molar-refractivity contribution in [1.29, 1.82) is 0 Å². The zero-order chi connectivity index (χ0) is 14.7. The molecule has 2 aliphatic heterocycles. The minimum absolute atomic E-state index is 0.0157. The second kappa shape index (κ2) is 7.03. The first kappa shape index (κ1) is 15.2. The largest absolute Gasteiger partial charge is 0.481 e. The van der Waals surface area contributed by atoms with Crippen LogP contribution < -0.4 is 0 Å². The number of carboxylic acids is 1. The topological polar surface area (TPSA) is 53.4 Å². The molecule has 0 bridgehead atoms. The number of pyridine rings is 1. The van der Waals surface area contributed by atoms with Crippen molar-refractivity contribution in [2.75, 3.05) is 36.1 Å². The highest BCUT2D eigenvalue weighted by Crippen LogP contribution is 2.34. The van der Waals surface area contributed by atoms with Gasteiger partial charge in [0.1, 0.15) is 0 Å². The number of carbonyl (C=O) groups is 1. The smallest absolute Gasteiger partial charge is 0.308 e. The highest BCUT2D eigenvalue weighted by Gasteiger charge is 2.41. The molecule has 0 aliphatic carbocycles. The van der Waals surface area contributed by atoms with E-state index in [-0.39, 0.29) is 11.8 Å². The van der Waals surface area contributed by atoms with E-state index in [0.29, 0.717) is 12.6 Å². The molecule has 6 heteroatoms. The van der Waals surface area contributed by atoms with E-state index < -0.39 is 5.97 Å². The molecule has 0 aromatic carbocycles. The first-order valence-corrected chi connectivity index (χ1v) is 9.60. The van der Waals surface area contributed by atoms with Crippen LogP contribution in [0.3, 0.4) is 0 Å². The van der Waals surface area contributed by atoms with Gasteiger partial charge in [-0.2, -0.15) is 23.5 Å². The lowest BCUT2D eigenvalue weighted by Crippen LogP contribution is -2.37. The summed E-state index contributed by atoms with van der Waals surface area (Å²) < 4.78 is 0. The predicted octanol–water partition coefficient (Wildman–Crippen LogP) is 2.03. The molecule has 1 N–H and O–H groups in total. The summed E-state index contributed by atoms with van der Waals surface area (Å²) in [5.74, 6) is 3.65. The van der Waals surface area contributed by atoms with Crippen LogP contribution in [-0.4, -0.2) is 63.1 Å². The number of rotatable bonds is 3. The van der Waals surface area contributed by atoms with Gasteiger partial charge in [0.2, 0.25) is 0 Å². The van der Waals surface area contributed by atoms with Crippen molar-refractivity contribution in [3.8, 4) is 0 Å². The third-order valence-electron chi connectivity index (χ3n) is 4.24. The van der Waals surface area contributed by atoms with Crippen LogP contribution in [-0.2, 0) is 4.79 Å². The molecular weight excluding hydrogens is 304 g/mol. The fraction of sp³-hybridized carbons (Fsp3) is 0.600. The minimum atomic E-state index is -0.693. The number of aromatic nitrogens is 1. The lowest BCUT2D eigenvalue weighted by atomic mass is 9.93. The molecule has 1 aromatic rings. The predicted molar refractivity (Wildman–Crippen MR) is 88.1 cm³/mol. The number of hydrogen-bond acceptors (Lipinski definition) is 5. The minimum Gasteiger partial charge on any atom is -0.481 e. The van der Waals surface area contributed by atoms with Crippen LogP contribution >= 0.6 is 23.5 Å². The molecular formula is C15H20N2O2S2. The summed E-state index contributed by atoms with van der Waals surface area (Å²) in [7, 11) is 0. The van der Waals surface area contributed by atoms with Gasteiger partial charge in [0.25, 0.3) is 0 Å². The number of hydrogen-bond donors (Lipinski definition) is 1. The maximum atomic E-state index is 11.6. The van der Waals surface area contributed by atoms with Crippen molar-refractivity contribution >= 4 is 29.5 Å². The third kappa shape index (κ3) is 3.55. The van der Waals surface area contributed by atoms with E-state index >= 15 is 0 Å². The first-order chi connectivity index (χ1) is 10.3. The molecule has 1 aromatic heterocycles. The van der Waals surface area contributed by atoms with Gasteiger partial charge < -0.3 is 5.11 Å². The summed E-state index contributed by atoms with van der Waals surface area (Å²) in [4.78, 5) is 18.4. The van der Waals surface area contributed by atoms with Gasteiger partial charge in [-0.1, -0.05) is 6.07 Å². The molecule has 0 radical (unpaired) electrons. The monoisotopic (exact) mass is 324 g/mol. The number of thioether (sulfide) groups is 2. The Balaban J connectivity index is 1.76. The summed E-state index contributed by atoms with van der Waals surface area (Å²) in [5, 5.41) is 9.55. The molecule has 2 aliphatic rings. The quantitative estimate of drug-likeness (QED) is 0.918. The number of carboxylic acid groups (broad SMARTS) is 1. The van der Waals surface area contributed by atoms with Crippen LogP contribution in [0.25, 0.3) is 0 Å². The Labute approximate surface area is 133 Å². The molecule has 0 unspecified atom stereocenters. The van der Waals surface area contributed by atoms with Crippen LogP contribution in [0.15, 0.2) is 24.4 Å². The molecule has 0 saturated carbocycles. The Morgan fingerprint density at radius 3 is 2.62 bits per heavy atom. The van der Waals surface area contributed by atoms with Crippen molar-refractivity contribution in [3.05, 3.63) is 30.1 Å². The highest BCUT2D eigenvalue weighted by atomic mass is 32.2. The second-order valence-corrected chi connectivity index (χ2v) is 7.86. The molecule has 21 heavy (non-hydrogen) atoms. The second-order valence-electron chi connectivity index (χ2n) is 5.56. The average molecular weight is 324 g/mol. The van der Waals surface area contributed by atoms with E-state index in [1.165, 1.54) is 11.5 Å². The summed E-state index contributed by atoms with van der Waals surface area (Å²) in [6.45, 7) is 1.47. The Morgan fingerprint density at radius 2 is 2.00 bits per heavy atom. The van der Waals surface area contributed by atoms with Gasteiger partial charge in [0.05, 0.1) is 5.92 Å². The van der Waals surface area contributed by atoms with Crippen LogP contribution in [0.1, 0.15) is 11.6 Å². The molecule has 3 rings (SSSR count). The number of likely N-dealkylation sites (tertiary alicyclic amines) is 1. The summed E-state index contributed by atoms with van der Waals surface area (Å²) in [6, 6.07) is 6.28. The molecule has 0 spiro atoms.